The second-order valence-corrected chi connectivity index (χ2v) is 5.96. The minimum absolute atomic E-state index is 0.135. The Hall–Kier alpha value is -1.61. The third-order valence-corrected chi connectivity index (χ3v) is 4.82. The molecule has 0 aliphatic carbocycles. The monoisotopic (exact) mass is 319 g/mol. The SMILES string of the molecule is CCO[C@@H]1C(c2ccc(C#N)c(Cl)c2C)=NN2CC[C@@H](O)[C@@H]12. The molecule has 2 aliphatic rings. The van der Waals surface area contributed by atoms with Gasteiger partial charge in [-0.2, -0.15) is 10.4 Å². The molecule has 2 aliphatic heterocycles. The van der Waals surface area contributed by atoms with Crippen LogP contribution in [0.1, 0.15) is 30.0 Å². The van der Waals surface area contributed by atoms with E-state index in [-0.39, 0.29) is 12.1 Å². The van der Waals surface area contributed by atoms with E-state index in [9.17, 15) is 5.11 Å². The van der Waals surface area contributed by atoms with Crippen molar-refractivity contribution < 1.29 is 9.84 Å². The number of hydrogen-bond donors (Lipinski definition) is 1. The van der Waals surface area contributed by atoms with E-state index in [2.05, 4.69) is 11.2 Å². The van der Waals surface area contributed by atoms with Crippen molar-refractivity contribution in [1.82, 2.24) is 5.01 Å². The fourth-order valence-corrected chi connectivity index (χ4v) is 3.43. The van der Waals surface area contributed by atoms with Crippen molar-refractivity contribution >= 4 is 17.3 Å². The van der Waals surface area contributed by atoms with E-state index < -0.39 is 6.10 Å². The molecular weight excluding hydrogens is 302 g/mol. The highest BCUT2D eigenvalue weighted by Crippen LogP contribution is 2.34. The van der Waals surface area contributed by atoms with Crippen LogP contribution in [0.25, 0.3) is 0 Å². The smallest absolute Gasteiger partial charge is 0.126 e. The van der Waals surface area contributed by atoms with Gasteiger partial charge in [0.1, 0.15) is 18.2 Å². The van der Waals surface area contributed by atoms with Crippen LogP contribution in [0.4, 0.5) is 0 Å². The minimum Gasteiger partial charge on any atom is -0.391 e. The summed E-state index contributed by atoms with van der Waals surface area (Å²) in [6.07, 6.45) is -0.00448. The van der Waals surface area contributed by atoms with Gasteiger partial charge in [0.15, 0.2) is 0 Å². The summed E-state index contributed by atoms with van der Waals surface area (Å²) in [6, 6.07) is 5.51. The Morgan fingerprint density at radius 2 is 2.32 bits per heavy atom. The fourth-order valence-electron chi connectivity index (χ4n) is 3.23. The summed E-state index contributed by atoms with van der Waals surface area (Å²) in [5.41, 5.74) is 2.94. The van der Waals surface area contributed by atoms with Crippen molar-refractivity contribution in [3.63, 3.8) is 0 Å². The van der Waals surface area contributed by atoms with Crippen LogP contribution in [0, 0.1) is 18.3 Å². The minimum atomic E-state index is -0.438. The first kappa shape index (κ1) is 15.3. The maximum absolute atomic E-state index is 10.2. The molecule has 0 saturated carbocycles. The fraction of sp³-hybridized carbons (Fsp3) is 0.500. The number of hydrogen-bond acceptors (Lipinski definition) is 5. The van der Waals surface area contributed by atoms with Gasteiger partial charge in [0.05, 0.1) is 22.4 Å². The van der Waals surface area contributed by atoms with Crippen molar-refractivity contribution in [2.24, 2.45) is 5.10 Å². The van der Waals surface area contributed by atoms with Gasteiger partial charge >= 0.3 is 0 Å². The predicted molar refractivity (Wildman–Crippen MR) is 84.0 cm³/mol. The molecule has 116 valence electrons. The predicted octanol–water partition coefficient (Wildman–Crippen LogP) is 2.08. The maximum Gasteiger partial charge on any atom is 0.126 e. The summed E-state index contributed by atoms with van der Waals surface area (Å²) in [7, 11) is 0. The van der Waals surface area contributed by atoms with Crippen LogP contribution in [0.2, 0.25) is 5.02 Å². The lowest BCUT2D eigenvalue weighted by atomic mass is 9.94. The quantitative estimate of drug-likeness (QED) is 0.926. The van der Waals surface area contributed by atoms with Gasteiger partial charge < -0.3 is 9.84 Å². The second kappa shape index (κ2) is 5.88. The van der Waals surface area contributed by atoms with E-state index in [1.807, 2.05) is 24.9 Å². The first-order chi connectivity index (χ1) is 10.6. The number of benzene rings is 1. The highest BCUT2D eigenvalue weighted by Gasteiger charge is 2.46. The van der Waals surface area contributed by atoms with Crippen molar-refractivity contribution in [1.29, 1.82) is 5.26 Å². The lowest BCUT2D eigenvalue weighted by molar-refractivity contribution is 0.0203. The molecule has 3 atom stereocenters. The van der Waals surface area contributed by atoms with Crippen LogP contribution in [-0.4, -0.2) is 47.2 Å². The number of aliphatic hydroxyl groups is 1. The molecule has 1 saturated heterocycles. The summed E-state index contributed by atoms with van der Waals surface area (Å²) in [5.74, 6) is 0. The van der Waals surface area contributed by atoms with E-state index in [0.717, 1.165) is 23.4 Å². The Bertz CT molecular complexity index is 668. The van der Waals surface area contributed by atoms with Gasteiger partial charge in [-0.25, -0.2) is 0 Å². The Morgan fingerprint density at radius 3 is 3.00 bits per heavy atom. The van der Waals surface area contributed by atoms with E-state index in [1.54, 1.807) is 6.07 Å². The van der Waals surface area contributed by atoms with Crippen molar-refractivity contribution in [3.05, 3.63) is 33.8 Å². The van der Waals surface area contributed by atoms with E-state index in [1.165, 1.54) is 0 Å². The van der Waals surface area contributed by atoms with Crippen LogP contribution < -0.4 is 0 Å². The van der Waals surface area contributed by atoms with Crippen LogP contribution >= 0.6 is 11.6 Å². The average Bonchev–Trinajstić information content (AvgIpc) is 3.04. The normalized spacial score (nSPS) is 26.8. The van der Waals surface area contributed by atoms with E-state index in [0.29, 0.717) is 23.6 Å². The summed E-state index contributed by atoms with van der Waals surface area (Å²) < 4.78 is 5.87. The highest BCUT2D eigenvalue weighted by molar-refractivity contribution is 6.33. The number of nitriles is 1. The molecule has 0 amide bonds. The highest BCUT2D eigenvalue weighted by atomic mass is 35.5. The number of aliphatic hydroxyl groups excluding tert-OH is 1. The number of halogens is 1. The average molecular weight is 320 g/mol. The molecule has 1 aromatic rings. The molecule has 0 radical (unpaired) electrons. The van der Waals surface area contributed by atoms with E-state index in [4.69, 9.17) is 21.6 Å². The zero-order valence-electron chi connectivity index (χ0n) is 12.6. The third kappa shape index (κ3) is 2.28. The third-order valence-electron chi connectivity index (χ3n) is 4.34. The molecular formula is C16H18ClN3O2. The molecule has 0 unspecified atom stereocenters. The topological polar surface area (TPSA) is 68.8 Å². The molecule has 22 heavy (non-hydrogen) atoms. The first-order valence-corrected chi connectivity index (χ1v) is 7.80. The van der Waals surface area contributed by atoms with Crippen LogP contribution in [-0.2, 0) is 4.74 Å². The Balaban J connectivity index is 2.04. The molecule has 1 N–H and O–H groups in total. The lowest BCUT2D eigenvalue weighted by Crippen LogP contribution is -2.42. The zero-order chi connectivity index (χ0) is 15.9. The molecule has 0 aromatic heterocycles. The Morgan fingerprint density at radius 1 is 1.55 bits per heavy atom. The second-order valence-electron chi connectivity index (χ2n) is 5.58. The standard InChI is InChI=1S/C16H18ClN3O2/c1-3-22-16-14(19-20-7-6-12(21)15(16)20)11-5-4-10(8-18)13(17)9(11)2/h4-5,12,15-16,21H,3,6-7H2,1-2H3/t12-,15+,16-/m1/s1. The lowest BCUT2D eigenvalue weighted by Gasteiger charge is -2.24. The van der Waals surface area contributed by atoms with Gasteiger partial charge in [-0.1, -0.05) is 17.7 Å². The van der Waals surface area contributed by atoms with E-state index >= 15 is 0 Å². The molecule has 3 rings (SSSR count). The molecule has 2 heterocycles. The van der Waals surface area contributed by atoms with Crippen LogP contribution in [0.15, 0.2) is 17.2 Å². The summed E-state index contributed by atoms with van der Waals surface area (Å²) >= 11 is 6.27. The molecule has 1 aromatic carbocycles. The van der Waals surface area contributed by atoms with Crippen molar-refractivity contribution in [3.8, 4) is 6.07 Å². The summed E-state index contributed by atoms with van der Waals surface area (Å²) in [5, 5.41) is 26.3. The van der Waals surface area contributed by atoms with Crippen molar-refractivity contribution in [2.45, 2.75) is 38.5 Å². The van der Waals surface area contributed by atoms with Gasteiger partial charge in [0.2, 0.25) is 0 Å². The maximum atomic E-state index is 10.2. The van der Waals surface area contributed by atoms with Crippen LogP contribution in [0.3, 0.4) is 0 Å². The Labute approximate surface area is 134 Å². The van der Waals surface area contributed by atoms with Gasteiger partial charge in [-0.15, -0.1) is 0 Å². The molecule has 0 bridgehead atoms. The van der Waals surface area contributed by atoms with Gasteiger partial charge in [0, 0.05) is 18.7 Å². The molecule has 0 spiro atoms. The number of hydrazone groups is 1. The van der Waals surface area contributed by atoms with Crippen molar-refractivity contribution in [2.75, 3.05) is 13.2 Å². The van der Waals surface area contributed by atoms with Gasteiger partial charge in [0.25, 0.3) is 0 Å². The summed E-state index contributed by atoms with van der Waals surface area (Å²) in [4.78, 5) is 0. The number of nitrogens with zero attached hydrogens (tertiary/aromatic N) is 3. The number of rotatable bonds is 3. The largest absolute Gasteiger partial charge is 0.391 e. The first-order valence-electron chi connectivity index (χ1n) is 7.42. The molecule has 6 heteroatoms. The molecule has 5 nitrogen and oxygen atoms in total. The van der Waals surface area contributed by atoms with Gasteiger partial charge in [-0.05, 0) is 31.9 Å². The summed E-state index contributed by atoms with van der Waals surface area (Å²) in [6.45, 7) is 5.08. The Kier molecular flexibility index (Phi) is 4.09. The van der Waals surface area contributed by atoms with Crippen LogP contribution in [0.5, 0.6) is 0 Å². The molecule has 1 fully saturated rings. The zero-order valence-corrected chi connectivity index (χ0v) is 13.3. The number of fused-ring (bicyclic) bond motifs is 1. The number of ether oxygens (including phenoxy) is 1. The van der Waals surface area contributed by atoms with Gasteiger partial charge in [-0.3, -0.25) is 5.01 Å².